The van der Waals surface area contributed by atoms with Crippen molar-refractivity contribution in [1.29, 1.82) is 0 Å². The van der Waals surface area contributed by atoms with E-state index in [2.05, 4.69) is 5.32 Å². The highest BCUT2D eigenvalue weighted by molar-refractivity contribution is 5.95. The maximum absolute atomic E-state index is 14.0. The monoisotopic (exact) mass is 296 g/mol. The summed E-state index contributed by atoms with van der Waals surface area (Å²) in [6.45, 7) is 1.40. The van der Waals surface area contributed by atoms with Gasteiger partial charge in [-0.1, -0.05) is 0 Å². The summed E-state index contributed by atoms with van der Waals surface area (Å²) in [4.78, 5) is 22.3. The summed E-state index contributed by atoms with van der Waals surface area (Å²) in [5.41, 5.74) is -0.502. The number of benzene rings is 1. The van der Waals surface area contributed by atoms with Crippen molar-refractivity contribution in [2.75, 3.05) is 7.11 Å². The lowest BCUT2D eigenvalue weighted by Gasteiger charge is -2.13. The molecule has 0 heterocycles. The van der Waals surface area contributed by atoms with Crippen molar-refractivity contribution in [3.05, 3.63) is 39.2 Å². The van der Waals surface area contributed by atoms with Gasteiger partial charge in [-0.3, -0.25) is 14.9 Å². The van der Waals surface area contributed by atoms with Crippen LogP contribution >= 0.6 is 0 Å². The summed E-state index contributed by atoms with van der Waals surface area (Å²) < 4.78 is 19.2. The molecule has 0 radical (unpaired) electrons. The molecule has 1 fully saturated rings. The van der Waals surface area contributed by atoms with Crippen LogP contribution in [0.1, 0.15) is 35.2 Å². The van der Waals surface area contributed by atoms with Crippen molar-refractivity contribution in [3.63, 3.8) is 0 Å². The van der Waals surface area contributed by atoms with E-state index in [1.165, 1.54) is 6.92 Å². The van der Waals surface area contributed by atoms with Gasteiger partial charge in [0.1, 0.15) is 5.82 Å². The fourth-order valence-electron chi connectivity index (χ4n) is 2.57. The molecule has 1 N–H and O–H groups in total. The van der Waals surface area contributed by atoms with E-state index < -0.39 is 16.6 Å². The maximum Gasteiger partial charge on any atom is 0.270 e. The highest BCUT2D eigenvalue weighted by Crippen LogP contribution is 2.24. The highest BCUT2D eigenvalue weighted by atomic mass is 19.1. The van der Waals surface area contributed by atoms with E-state index in [1.54, 1.807) is 7.11 Å². The molecule has 0 aliphatic heterocycles. The largest absolute Gasteiger partial charge is 0.381 e. The Morgan fingerprint density at radius 1 is 1.48 bits per heavy atom. The first kappa shape index (κ1) is 15.4. The number of carbonyl (C=O) groups excluding carboxylic acids is 1. The molecule has 2 unspecified atom stereocenters. The Bertz CT molecular complexity index is 576. The molecule has 1 amide bonds. The maximum atomic E-state index is 14.0. The van der Waals surface area contributed by atoms with Gasteiger partial charge >= 0.3 is 0 Å². The van der Waals surface area contributed by atoms with Gasteiger partial charge in [0.25, 0.3) is 11.6 Å². The molecule has 2 rings (SSSR count). The van der Waals surface area contributed by atoms with E-state index in [-0.39, 0.29) is 29.0 Å². The van der Waals surface area contributed by atoms with Crippen LogP contribution in [-0.4, -0.2) is 30.1 Å². The number of nitro benzene ring substituents is 1. The van der Waals surface area contributed by atoms with Crippen molar-refractivity contribution in [2.24, 2.45) is 0 Å². The molecule has 1 aliphatic rings. The van der Waals surface area contributed by atoms with Gasteiger partial charge in [0, 0.05) is 25.3 Å². The van der Waals surface area contributed by atoms with Crippen LogP contribution in [0, 0.1) is 22.9 Å². The second-order valence-electron chi connectivity index (χ2n) is 5.22. The Balaban J connectivity index is 2.17. The Morgan fingerprint density at radius 3 is 2.76 bits per heavy atom. The number of rotatable bonds is 4. The first-order valence-corrected chi connectivity index (χ1v) is 6.70. The molecule has 0 spiro atoms. The molecule has 6 nitrogen and oxygen atoms in total. The first-order valence-electron chi connectivity index (χ1n) is 6.70. The van der Waals surface area contributed by atoms with E-state index in [0.29, 0.717) is 6.42 Å². The zero-order chi connectivity index (χ0) is 15.6. The smallest absolute Gasteiger partial charge is 0.270 e. The fraction of sp³-hybridized carbons (Fsp3) is 0.500. The average Bonchev–Trinajstić information content (AvgIpc) is 2.88. The van der Waals surface area contributed by atoms with E-state index in [9.17, 15) is 19.3 Å². The van der Waals surface area contributed by atoms with E-state index in [4.69, 9.17) is 4.74 Å². The number of amides is 1. The third kappa shape index (κ3) is 3.36. The van der Waals surface area contributed by atoms with Crippen LogP contribution in [0.25, 0.3) is 0 Å². The van der Waals surface area contributed by atoms with Gasteiger partial charge in [-0.2, -0.15) is 0 Å². The lowest BCUT2D eigenvalue weighted by atomic mass is 10.1. The number of hydrogen-bond donors (Lipinski definition) is 1. The van der Waals surface area contributed by atoms with Crippen molar-refractivity contribution in [2.45, 2.75) is 38.3 Å². The minimum atomic E-state index is -0.723. The molecule has 1 aromatic carbocycles. The lowest BCUT2D eigenvalue weighted by molar-refractivity contribution is -0.385. The van der Waals surface area contributed by atoms with Crippen LogP contribution in [0.5, 0.6) is 0 Å². The van der Waals surface area contributed by atoms with Gasteiger partial charge in [0.15, 0.2) is 0 Å². The van der Waals surface area contributed by atoms with Gasteiger partial charge in [-0.15, -0.1) is 0 Å². The number of nitrogens with one attached hydrogen (secondary N) is 1. The van der Waals surface area contributed by atoms with Crippen LogP contribution in [0.3, 0.4) is 0 Å². The molecule has 1 aromatic rings. The molecule has 1 aliphatic carbocycles. The Labute approximate surface area is 121 Å². The number of non-ortho nitro benzene ring substituents is 1. The van der Waals surface area contributed by atoms with Gasteiger partial charge in [-0.25, -0.2) is 4.39 Å². The van der Waals surface area contributed by atoms with Crippen LogP contribution in [0.4, 0.5) is 10.1 Å². The Hall–Kier alpha value is -2.02. The van der Waals surface area contributed by atoms with Crippen LogP contribution in [-0.2, 0) is 4.74 Å². The number of aryl methyl sites for hydroxylation is 1. The molecule has 21 heavy (non-hydrogen) atoms. The SMILES string of the molecule is COC1CCC(NC(=O)c2cc([N+](=O)[O-])cc(C)c2F)C1. The third-order valence-electron chi connectivity index (χ3n) is 3.75. The quantitative estimate of drug-likeness (QED) is 0.683. The Kier molecular flexibility index (Phi) is 4.52. The molecule has 1 saturated carbocycles. The van der Waals surface area contributed by atoms with Gasteiger partial charge in [0.05, 0.1) is 16.6 Å². The predicted molar refractivity (Wildman–Crippen MR) is 73.7 cm³/mol. The molecule has 2 atom stereocenters. The minimum absolute atomic E-state index is 0.0792. The number of hydrogen-bond acceptors (Lipinski definition) is 4. The second-order valence-corrected chi connectivity index (χ2v) is 5.22. The molecule has 7 heteroatoms. The van der Waals surface area contributed by atoms with Crippen molar-refractivity contribution in [3.8, 4) is 0 Å². The summed E-state index contributed by atoms with van der Waals surface area (Å²) in [6.07, 6.45) is 2.34. The summed E-state index contributed by atoms with van der Waals surface area (Å²) in [6, 6.07) is 1.99. The molecule has 0 bridgehead atoms. The summed E-state index contributed by atoms with van der Waals surface area (Å²) >= 11 is 0. The zero-order valence-electron chi connectivity index (χ0n) is 11.9. The number of nitrogens with zero attached hydrogens (tertiary/aromatic N) is 1. The number of nitro groups is 1. The van der Waals surface area contributed by atoms with Crippen molar-refractivity contribution >= 4 is 11.6 Å². The first-order chi connectivity index (χ1) is 9.92. The highest BCUT2D eigenvalue weighted by Gasteiger charge is 2.27. The normalized spacial score (nSPS) is 21.3. The van der Waals surface area contributed by atoms with Crippen LogP contribution in [0.2, 0.25) is 0 Å². The average molecular weight is 296 g/mol. The summed E-state index contributed by atoms with van der Waals surface area (Å²) in [5.74, 6) is -1.35. The van der Waals surface area contributed by atoms with Crippen LogP contribution in [0.15, 0.2) is 12.1 Å². The van der Waals surface area contributed by atoms with E-state index in [1.807, 2.05) is 0 Å². The minimum Gasteiger partial charge on any atom is -0.381 e. The van der Waals surface area contributed by atoms with Crippen molar-refractivity contribution in [1.82, 2.24) is 5.32 Å². The van der Waals surface area contributed by atoms with Crippen LogP contribution < -0.4 is 5.32 Å². The standard InChI is InChI=1S/C14H17FN2O4/c1-8-5-10(17(19)20)7-12(13(8)15)14(18)16-9-3-4-11(6-9)21-2/h5,7,9,11H,3-4,6H2,1-2H3,(H,16,18). The van der Waals surface area contributed by atoms with Crippen molar-refractivity contribution < 1.29 is 18.8 Å². The second kappa shape index (κ2) is 6.17. The van der Waals surface area contributed by atoms with Gasteiger partial charge in [-0.05, 0) is 31.7 Å². The zero-order valence-corrected chi connectivity index (χ0v) is 11.9. The van der Waals surface area contributed by atoms with E-state index >= 15 is 0 Å². The molecular weight excluding hydrogens is 279 g/mol. The topological polar surface area (TPSA) is 81.5 Å². The number of ether oxygens (including phenoxy) is 1. The summed E-state index contributed by atoms with van der Waals surface area (Å²) in [5, 5.41) is 13.5. The Morgan fingerprint density at radius 2 is 2.19 bits per heavy atom. The molecule has 0 aromatic heterocycles. The van der Waals surface area contributed by atoms with Gasteiger partial charge in [0.2, 0.25) is 0 Å². The molecule has 114 valence electrons. The summed E-state index contributed by atoms with van der Waals surface area (Å²) in [7, 11) is 1.61. The molecular formula is C14H17FN2O4. The molecule has 0 saturated heterocycles. The van der Waals surface area contributed by atoms with Gasteiger partial charge < -0.3 is 10.1 Å². The third-order valence-corrected chi connectivity index (χ3v) is 3.75. The number of halogens is 1. The number of carbonyl (C=O) groups is 1. The lowest BCUT2D eigenvalue weighted by Crippen LogP contribution is -2.34. The number of methoxy groups -OCH3 is 1. The van der Waals surface area contributed by atoms with E-state index in [0.717, 1.165) is 25.0 Å². The fourth-order valence-corrected chi connectivity index (χ4v) is 2.57. The predicted octanol–water partition coefficient (Wildman–Crippen LogP) is 2.34.